The highest BCUT2D eigenvalue weighted by Crippen LogP contribution is 2.18. The van der Waals surface area contributed by atoms with Crippen molar-refractivity contribution >= 4 is 5.96 Å². The first-order valence-corrected chi connectivity index (χ1v) is 9.61. The van der Waals surface area contributed by atoms with E-state index in [1.807, 2.05) is 16.7 Å². The van der Waals surface area contributed by atoms with Crippen molar-refractivity contribution in [2.24, 2.45) is 10.9 Å². The number of rotatable bonds is 10. The van der Waals surface area contributed by atoms with E-state index in [-0.39, 0.29) is 6.04 Å². The summed E-state index contributed by atoms with van der Waals surface area (Å²) in [6, 6.07) is 8.40. The minimum absolute atomic E-state index is 0.160. The Labute approximate surface area is 162 Å². The van der Waals surface area contributed by atoms with Crippen LogP contribution < -0.4 is 15.4 Å². The molecule has 7 nitrogen and oxygen atoms in total. The summed E-state index contributed by atoms with van der Waals surface area (Å²) in [5.41, 5.74) is 1.20. The van der Waals surface area contributed by atoms with E-state index in [2.05, 4.69) is 58.7 Å². The number of aromatic nitrogens is 3. The zero-order valence-electron chi connectivity index (χ0n) is 16.9. The quantitative estimate of drug-likeness (QED) is 0.381. The van der Waals surface area contributed by atoms with E-state index < -0.39 is 0 Å². The lowest BCUT2D eigenvalue weighted by Crippen LogP contribution is -2.39. The van der Waals surface area contributed by atoms with Crippen LogP contribution in [0.15, 0.2) is 41.9 Å². The fourth-order valence-electron chi connectivity index (χ4n) is 2.56. The first-order chi connectivity index (χ1) is 13.1. The molecule has 0 aliphatic rings. The number of nitrogens with one attached hydrogen (secondary N) is 2. The molecule has 0 aliphatic carbocycles. The number of hydrogen-bond donors (Lipinski definition) is 2. The Morgan fingerprint density at radius 2 is 1.81 bits per heavy atom. The molecule has 1 aromatic heterocycles. The third-order valence-electron chi connectivity index (χ3n) is 4.14. The normalized spacial score (nSPS) is 12.9. The highest BCUT2D eigenvalue weighted by Gasteiger charge is 2.08. The number of benzene rings is 1. The van der Waals surface area contributed by atoms with Crippen LogP contribution in [0.4, 0.5) is 0 Å². The molecule has 0 saturated heterocycles. The lowest BCUT2D eigenvalue weighted by Gasteiger charge is -2.19. The molecule has 0 spiro atoms. The molecular formula is C20H32N6O. The van der Waals surface area contributed by atoms with Crippen LogP contribution in [0, 0.1) is 5.92 Å². The van der Waals surface area contributed by atoms with Crippen molar-refractivity contribution in [2.45, 2.75) is 46.2 Å². The number of aryl methyl sites for hydroxylation is 1. The molecule has 0 amide bonds. The molecule has 0 saturated carbocycles. The summed E-state index contributed by atoms with van der Waals surface area (Å²) >= 11 is 0. The monoisotopic (exact) mass is 372 g/mol. The number of nitrogens with zero attached hydrogens (tertiary/aromatic N) is 4. The van der Waals surface area contributed by atoms with Crippen molar-refractivity contribution in [3.63, 3.8) is 0 Å². The SMILES string of the molecule is CN=C(NCCCCn1cnnc1)NC(C)c1ccc(OCC(C)C)cc1. The number of unbranched alkanes of at least 4 members (excludes halogenated alkanes) is 1. The van der Waals surface area contributed by atoms with Crippen molar-refractivity contribution < 1.29 is 4.74 Å². The van der Waals surface area contributed by atoms with Crippen LogP contribution in [0.25, 0.3) is 0 Å². The number of guanidine groups is 1. The molecule has 0 fully saturated rings. The van der Waals surface area contributed by atoms with Gasteiger partial charge in [-0.1, -0.05) is 26.0 Å². The lowest BCUT2D eigenvalue weighted by atomic mass is 10.1. The van der Waals surface area contributed by atoms with E-state index in [1.54, 1.807) is 19.7 Å². The standard InChI is InChI=1S/C20H32N6O/c1-16(2)13-27-19-9-7-18(8-10-19)17(3)25-20(21-4)22-11-5-6-12-26-14-23-24-15-26/h7-10,14-17H,5-6,11-13H2,1-4H3,(H2,21,22,25). The summed E-state index contributed by atoms with van der Waals surface area (Å²) in [6.45, 7) is 8.96. The molecule has 27 heavy (non-hydrogen) atoms. The van der Waals surface area contributed by atoms with E-state index in [1.165, 1.54) is 5.56 Å². The summed E-state index contributed by atoms with van der Waals surface area (Å²) in [5.74, 6) is 2.25. The van der Waals surface area contributed by atoms with Crippen LogP contribution in [0.3, 0.4) is 0 Å². The van der Waals surface area contributed by atoms with Crippen LogP contribution in [-0.2, 0) is 6.54 Å². The molecule has 2 aromatic rings. The highest BCUT2D eigenvalue weighted by atomic mass is 16.5. The zero-order chi connectivity index (χ0) is 19.5. The summed E-state index contributed by atoms with van der Waals surface area (Å²) in [5, 5.41) is 14.4. The number of hydrogen-bond acceptors (Lipinski definition) is 4. The summed E-state index contributed by atoms with van der Waals surface area (Å²) in [6.07, 6.45) is 5.61. The topological polar surface area (TPSA) is 76.4 Å². The first kappa shape index (κ1) is 20.7. The van der Waals surface area contributed by atoms with Crippen molar-refractivity contribution in [1.29, 1.82) is 0 Å². The molecule has 2 N–H and O–H groups in total. The van der Waals surface area contributed by atoms with Crippen molar-refractivity contribution in [2.75, 3.05) is 20.2 Å². The van der Waals surface area contributed by atoms with Crippen LogP contribution in [0.5, 0.6) is 5.75 Å². The average molecular weight is 373 g/mol. The molecule has 148 valence electrons. The Bertz CT molecular complexity index is 666. The second-order valence-electron chi connectivity index (χ2n) is 7.05. The molecular weight excluding hydrogens is 340 g/mol. The Hall–Kier alpha value is -2.57. The van der Waals surface area contributed by atoms with Gasteiger partial charge in [0, 0.05) is 20.1 Å². The maximum absolute atomic E-state index is 5.74. The van der Waals surface area contributed by atoms with E-state index >= 15 is 0 Å². The molecule has 7 heteroatoms. The second-order valence-corrected chi connectivity index (χ2v) is 7.05. The predicted molar refractivity (Wildman–Crippen MR) is 109 cm³/mol. The van der Waals surface area contributed by atoms with Gasteiger partial charge in [-0.3, -0.25) is 4.99 Å². The van der Waals surface area contributed by atoms with Gasteiger partial charge < -0.3 is 19.9 Å². The number of ether oxygens (including phenoxy) is 1. The van der Waals surface area contributed by atoms with Gasteiger partial charge in [-0.05, 0) is 43.4 Å². The predicted octanol–water partition coefficient (Wildman–Crippen LogP) is 3.02. The Morgan fingerprint density at radius 3 is 2.44 bits per heavy atom. The smallest absolute Gasteiger partial charge is 0.191 e. The Balaban J connectivity index is 1.71. The molecule has 1 heterocycles. The summed E-state index contributed by atoms with van der Waals surface area (Å²) in [7, 11) is 1.79. The third-order valence-corrected chi connectivity index (χ3v) is 4.14. The van der Waals surface area contributed by atoms with Crippen LogP contribution >= 0.6 is 0 Å². The van der Waals surface area contributed by atoms with Gasteiger partial charge in [0.25, 0.3) is 0 Å². The number of aliphatic imine (C=N–C) groups is 1. The molecule has 1 aromatic carbocycles. The van der Waals surface area contributed by atoms with Crippen molar-refractivity contribution in [3.8, 4) is 5.75 Å². The van der Waals surface area contributed by atoms with Gasteiger partial charge >= 0.3 is 0 Å². The van der Waals surface area contributed by atoms with E-state index in [9.17, 15) is 0 Å². The van der Waals surface area contributed by atoms with Gasteiger partial charge in [0.1, 0.15) is 18.4 Å². The first-order valence-electron chi connectivity index (χ1n) is 9.61. The molecule has 0 bridgehead atoms. The minimum Gasteiger partial charge on any atom is -0.493 e. The van der Waals surface area contributed by atoms with Gasteiger partial charge in [-0.25, -0.2) is 0 Å². The minimum atomic E-state index is 0.160. The van der Waals surface area contributed by atoms with Crippen LogP contribution in [0.1, 0.15) is 45.2 Å². The fraction of sp³-hybridized carbons (Fsp3) is 0.550. The van der Waals surface area contributed by atoms with Gasteiger partial charge in [0.15, 0.2) is 5.96 Å². The second kappa shape index (κ2) is 11.2. The van der Waals surface area contributed by atoms with Gasteiger partial charge in [0.05, 0.1) is 12.6 Å². The molecule has 2 rings (SSSR count). The van der Waals surface area contributed by atoms with Crippen molar-refractivity contribution in [3.05, 3.63) is 42.5 Å². The highest BCUT2D eigenvalue weighted by molar-refractivity contribution is 5.80. The Morgan fingerprint density at radius 1 is 1.11 bits per heavy atom. The van der Waals surface area contributed by atoms with E-state index in [0.717, 1.165) is 44.2 Å². The largest absolute Gasteiger partial charge is 0.493 e. The Kier molecular flexibility index (Phi) is 8.61. The van der Waals surface area contributed by atoms with Crippen LogP contribution in [0.2, 0.25) is 0 Å². The molecule has 1 unspecified atom stereocenters. The zero-order valence-corrected chi connectivity index (χ0v) is 16.9. The molecule has 0 radical (unpaired) electrons. The summed E-state index contributed by atoms with van der Waals surface area (Å²) < 4.78 is 7.73. The molecule has 0 aliphatic heterocycles. The lowest BCUT2D eigenvalue weighted by molar-refractivity contribution is 0.271. The van der Waals surface area contributed by atoms with Gasteiger partial charge in [-0.15, -0.1) is 10.2 Å². The molecule has 1 atom stereocenters. The van der Waals surface area contributed by atoms with E-state index in [4.69, 9.17) is 4.74 Å². The van der Waals surface area contributed by atoms with Crippen LogP contribution in [-0.4, -0.2) is 40.9 Å². The third kappa shape index (κ3) is 7.68. The summed E-state index contributed by atoms with van der Waals surface area (Å²) in [4.78, 5) is 4.31. The van der Waals surface area contributed by atoms with Gasteiger partial charge in [-0.2, -0.15) is 0 Å². The maximum atomic E-state index is 5.74. The van der Waals surface area contributed by atoms with Gasteiger partial charge in [0.2, 0.25) is 0 Å². The average Bonchev–Trinajstić information content (AvgIpc) is 3.19. The van der Waals surface area contributed by atoms with E-state index in [0.29, 0.717) is 5.92 Å². The fourth-order valence-corrected chi connectivity index (χ4v) is 2.56. The maximum Gasteiger partial charge on any atom is 0.191 e. The van der Waals surface area contributed by atoms with Crippen molar-refractivity contribution in [1.82, 2.24) is 25.4 Å².